The lowest BCUT2D eigenvalue weighted by molar-refractivity contribution is -0.137. The van der Waals surface area contributed by atoms with Gasteiger partial charge >= 0.3 is 6.18 Å². The monoisotopic (exact) mass is 323 g/mol. The summed E-state index contributed by atoms with van der Waals surface area (Å²) in [5.41, 5.74) is 0.193. The first-order valence-corrected chi connectivity index (χ1v) is 6.70. The smallest absolute Gasteiger partial charge is 0.254 e. The molecule has 3 aromatic rings. The van der Waals surface area contributed by atoms with E-state index < -0.39 is 11.7 Å². The van der Waals surface area contributed by atoms with Crippen LogP contribution in [0.4, 0.5) is 13.2 Å². The molecule has 112 valence electrons. The van der Waals surface area contributed by atoms with Crippen molar-refractivity contribution in [2.45, 2.75) is 13.1 Å². The quantitative estimate of drug-likeness (QED) is 0.611. The van der Waals surface area contributed by atoms with E-state index >= 15 is 0 Å². The zero-order valence-corrected chi connectivity index (χ0v) is 12.1. The van der Waals surface area contributed by atoms with E-state index in [9.17, 15) is 13.2 Å². The largest absolute Gasteiger partial charge is 0.418 e. The topological polar surface area (TPSA) is 38.7 Å². The minimum atomic E-state index is -4.50. The van der Waals surface area contributed by atoms with Gasteiger partial charge in [-0.1, -0.05) is 11.6 Å². The Labute approximate surface area is 128 Å². The van der Waals surface area contributed by atoms with Crippen LogP contribution in [0.3, 0.4) is 0 Å². The Bertz CT molecular complexity index is 862. The van der Waals surface area contributed by atoms with Crippen molar-refractivity contribution < 1.29 is 13.2 Å². The van der Waals surface area contributed by atoms with Gasteiger partial charge in [-0.15, -0.1) is 0 Å². The zero-order valence-electron chi connectivity index (χ0n) is 11.3. The van der Waals surface area contributed by atoms with E-state index in [2.05, 4.69) is 15.0 Å². The maximum absolute atomic E-state index is 13.1. The van der Waals surface area contributed by atoms with E-state index in [0.717, 1.165) is 17.0 Å². The SMILES string of the molecule is Cc1cc(Cl)nc2nc(-c3ncccc3C(F)(F)F)ccc12. The van der Waals surface area contributed by atoms with Crippen LogP contribution in [0.1, 0.15) is 11.1 Å². The second-order valence-corrected chi connectivity index (χ2v) is 5.11. The average molecular weight is 324 g/mol. The maximum atomic E-state index is 13.1. The number of hydrogen-bond donors (Lipinski definition) is 0. The molecule has 0 atom stereocenters. The van der Waals surface area contributed by atoms with Crippen LogP contribution in [0.25, 0.3) is 22.4 Å². The van der Waals surface area contributed by atoms with E-state index in [-0.39, 0.29) is 16.5 Å². The number of hydrogen-bond acceptors (Lipinski definition) is 3. The summed E-state index contributed by atoms with van der Waals surface area (Å²) < 4.78 is 39.2. The third kappa shape index (κ3) is 2.62. The average Bonchev–Trinajstić information content (AvgIpc) is 2.45. The molecular weight excluding hydrogens is 315 g/mol. The molecule has 0 spiro atoms. The van der Waals surface area contributed by atoms with Crippen LogP contribution < -0.4 is 0 Å². The van der Waals surface area contributed by atoms with E-state index in [1.165, 1.54) is 18.3 Å². The van der Waals surface area contributed by atoms with Gasteiger partial charge in [0.25, 0.3) is 0 Å². The lowest BCUT2D eigenvalue weighted by Crippen LogP contribution is -2.08. The van der Waals surface area contributed by atoms with E-state index in [1.54, 1.807) is 12.1 Å². The highest BCUT2D eigenvalue weighted by molar-refractivity contribution is 6.29. The minimum Gasteiger partial charge on any atom is -0.254 e. The molecule has 3 heterocycles. The van der Waals surface area contributed by atoms with Crippen LogP contribution in [0.5, 0.6) is 0 Å². The molecule has 0 aliphatic heterocycles. The van der Waals surface area contributed by atoms with Crippen molar-refractivity contribution in [3.63, 3.8) is 0 Å². The molecule has 3 nitrogen and oxygen atoms in total. The predicted octanol–water partition coefficient (Wildman–Crippen LogP) is 4.67. The highest BCUT2D eigenvalue weighted by Gasteiger charge is 2.34. The molecule has 3 rings (SSSR count). The van der Waals surface area contributed by atoms with Crippen molar-refractivity contribution in [2.24, 2.45) is 0 Å². The lowest BCUT2D eigenvalue weighted by atomic mass is 10.1. The number of nitrogens with zero attached hydrogens (tertiary/aromatic N) is 3. The summed E-state index contributed by atoms with van der Waals surface area (Å²) in [7, 11) is 0. The highest BCUT2D eigenvalue weighted by atomic mass is 35.5. The Kier molecular flexibility index (Phi) is 3.48. The third-order valence-corrected chi connectivity index (χ3v) is 3.40. The molecule has 0 aromatic carbocycles. The molecule has 0 N–H and O–H groups in total. The van der Waals surface area contributed by atoms with Crippen LogP contribution >= 0.6 is 11.6 Å². The number of fused-ring (bicyclic) bond motifs is 1. The van der Waals surface area contributed by atoms with Crippen LogP contribution in [-0.4, -0.2) is 15.0 Å². The summed E-state index contributed by atoms with van der Waals surface area (Å²) in [6.07, 6.45) is -3.20. The standard InChI is InChI=1S/C15H9ClF3N3/c1-8-7-12(16)22-14-9(8)4-5-11(21-14)13-10(15(17,18)19)3-2-6-20-13/h2-7H,1H3. The van der Waals surface area contributed by atoms with Crippen LogP contribution in [0.15, 0.2) is 36.5 Å². The molecule has 3 aromatic heterocycles. The molecule has 0 unspecified atom stereocenters. The molecule has 0 amide bonds. The highest BCUT2D eigenvalue weighted by Crippen LogP contribution is 2.35. The Morgan fingerprint density at radius 1 is 1.09 bits per heavy atom. The normalized spacial score (nSPS) is 11.9. The van der Waals surface area contributed by atoms with Crippen molar-refractivity contribution in [3.8, 4) is 11.4 Å². The van der Waals surface area contributed by atoms with Gasteiger partial charge in [-0.05, 0) is 42.8 Å². The van der Waals surface area contributed by atoms with Crippen LogP contribution in [0, 0.1) is 6.92 Å². The fourth-order valence-electron chi connectivity index (χ4n) is 2.20. The van der Waals surface area contributed by atoms with Crippen molar-refractivity contribution in [1.82, 2.24) is 15.0 Å². The molecule has 7 heteroatoms. The maximum Gasteiger partial charge on any atom is 0.418 e. The molecule has 0 saturated carbocycles. The summed E-state index contributed by atoms with van der Waals surface area (Å²) in [5.74, 6) is 0. The van der Waals surface area contributed by atoms with E-state index in [1.807, 2.05) is 6.92 Å². The fraction of sp³-hybridized carbons (Fsp3) is 0.133. The van der Waals surface area contributed by atoms with Gasteiger partial charge in [-0.2, -0.15) is 13.2 Å². The van der Waals surface area contributed by atoms with Crippen molar-refractivity contribution in [1.29, 1.82) is 0 Å². The molecule has 0 bridgehead atoms. The molecule has 0 aliphatic rings. The summed E-state index contributed by atoms with van der Waals surface area (Å²) in [6, 6.07) is 7.07. The summed E-state index contributed by atoms with van der Waals surface area (Å²) in [6.45, 7) is 1.83. The van der Waals surface area contributed by atoms with Gasteiger partial charge in [0.1, 0.15) is 10.8 Å². The van der Waals surface area contributed by atoms with Crippen molar-refractivity contribution >= 4 is 22.6 Å². The first-order chi connectivity index (χ1) is 10.4. The molecule has 22 heavy (non-hydrogen) atoms. The summed E-state index contributed by atoms with van der Waals surface area (Å²) in [4.78, 5) is 12.1. The molecule has 0 fully saturated rings. The van der Waals surface area contributed by atoms with Gasteiger partial charge < -0.3 is 0 Å². The predicted molar refractivity (Wildman–Crippen MR) is 77.5 cm³/mol. The Balaban J connectivity index is 2.24. The number of pyridine rings is 3. The number of rotatable bonds is 1. The molecule has 0 aliphatic carbocycles. The van der Waals surface area contributed by atoms with Gasteiger partial charge in [0.05, 0.1) is 11.3 Å². The van der Waals surface area contributed by atoms with Crippen LogP contribution in [-0.2, 0) is 6.18 Å². The molecule has 0 saturated heterocycles. The third-order valence-electron chi connectivity index (χ3n) is 3.20. The minimum absolute atomic E-state index is 0.106. The fourth-order valence-corrected chi connectivity index (χ4v) is 2.45. The number of alkyl halides is 3. The zero-order chi connectivity index (χ0) is 15.9. The number of aromatic nitrogens is 3. The van der Waals surface area contributed by atoms with Gasteiger partial charge in [-0.25, -0.2) is 9.97 Å². The van der Waals surface area contributed by atoms with E-state index in [4.69, 9.17) is 11.6 Å². The van der Waals surface area contributed by atoms with Crippen molar-refractivity contribution in [2.75, 3.05) is 0 Å². The van der Waals surface area contributed by atoms with Crippen molar-refractivity contribution in [3.05, 3.63) is 52.8 Å². The molecule has 0 radical (unpaired) electrons. The van der Waals surface area contributed by atoms with Gasteiger partial charge in [-0.3, -0.25) is 4.98 Å². The van der Waals surface area contributed by atoms with Gasteiger partial charge in [0.2, 0.25) is 0 Å². The Morgan fingerprint density at radius 2 is 1.86 bits per heavy atom. The number of aryl methyl sites for hydroxylation is 1. The van der Waals surface area contributed by atoms with E-state index in [0.29, 0.717) is 5.65 Å². The molecular formula is C15H9ClF3N3. The summed E-state index contributed by atoms with van der Waals surface area (Å²) in [5, 5.41) is 0.976. The first-order valence-electron chi connectivity index (χ1n) is 6.33. The van der Waals surface area contributed by atoms with Crippen LogP contribution in [0.2, 0.25) is 5.15 Å². The Hall–Kier alpha value is -2.21. The number of halogens is 4. The second-order valence-electron chi connectivity index (χ2n) is 4.73. The van der Waals surface area contributed by atoms with Gasteiger partial charge in [0, 0.05) is 11.6 Å². The summed E-state index contributed by atoms with van der Waals surface area (Å²) >= 11 is 5.88. The van der Waals surface area contributed by atoms with Gasteiger partial charge in [0.15, 0.2) is 5.65 Å². The first kappa shape index (κ1) is 14.7. The second kappa shape index (κ2) is 5.21. The Morgan fingerprint density at radius 3 is 2.59 bits per heavy atom. The lowest BCUT2D eigenvalue weighted by Gasteiger charge is -2.11.